The van der Waals surface area contributed by atoms with Crippen LogP contribution in [-0.4, -0.2) is 73.5 Å². The smallest absolute Gasteiger partial charge is 0.230 e. The summed E-state index contributed by atoms with van der Waals surface area (Å²) in [5.74, 6) is 1.24. The minimum Gasteiger partial charge on any atom is -0.497 e. The zero-order valence-corrected chi connectivity index (χ0v) is 16.8. The van der Waals surface area contributed by atoms with Gasteiger partial charge < -0.3 is 14.5 Å². The molecule has 0 bridgehead atoms. The number of amides is 1. The molecule has 5 heteroatoms. The molecule has 0 saturated carbocycles. The second kappa shape index (κ2) is 7.80. The van der Waals surface area contributed by atoms with Crippen molar-refractivity contribution in [2.24, 2.45) is 5.41 Å². The number of benzene rings is 1. The molecule has 1 aromatic carbocycles. The Labute approximate surface area is 163 Å². The first kappa shape index (κ1) is 18.8. The predicted octanol–water partition coefficient (Wildman–Crippen LogP) is 2.60. The van der Waals surface area contributed by atoms with E-state index in [2.05, 4.69) is 27.8 Å². The van der Waals surface area contributed by atoms with Gasteiger partial charge in [0.15, 0.2) is 0 Å². The van der Waals surface area contributed by atoms with Crippen molar-refractivity contribution >= 4 is 5.91 Å². The van der Waals surface area contributed by atoms with E-state index < -0.39 is 0 Å². The standard InChI is InChI=1S/C22H33N3O2/c1-23-12-7-19(8-13-23)25-14-10-22(17-25)9-4-11-24(21(22)26)16-18-5-3-6-20(15-18)27-2/h3,5-6,15,19H,4,7-14,16-17H2,1-2H3. The first-order chi connectivity index (χ1) is 13.1. The molecule has 148 valence electrons. The topological polar surface area (TPSA) is 36.0 Å². The molecule has 4 rings (SSSR count). The summed E-state index contributed by atoms with van der Waals surface area (Å²) in [6, 6.07) is 8.78. The molecule has 1 spiro atoms. The predicted molar refractivity (Wildman–Crippen MR) is 107 cm³/mol. The maximum absolute atomic E-state index is 13.4. The highest BCUT2D eigenvalue weighted by Gasteiger charge is 2.49. The van der Waals surface area contributed by atoms with E-state index in [1.165, 1.54) is 25.9 Å². The van der Waals surface area contributed by atoms with Crippen LogP contribution < -0.4 is 4.74 Å². The van der Waals surface area contributed by atoms with Gasteiger partial charge in [0, 0.05) is 25.7 Å². The van der Waals surface area contributed by atoms with Gasteiger partial charge >= 0.3 is 0 Å². The van der Waals surface area contributed by atoms with Crippen LogP contribution in [0.1, 0.15) is 37.7 Å². The average Bonchev–Trinajstić information content (AvgIpc) is 3.11. The van der Waals surface area contributed by atoms with Crippen molar-refractivity contribution in [2.45, 2.75) is 44.7 Å². The van der Waals surface area contributed by atoms with Crippen molar-refractivity contribution < 1.29 is 9.53 Å². The Bertz CT molecular complexity index is 671. The Balaban J connectivity index is 1.42. The summed E-state index contributed by atoms with van der Waals surface area (Å²) >= 11 is 0. The Kier molecular flexibility index (Phi) is 5.42. The van der Waals surface area contributed by atoms with E-state index in [4.69, 9.17) is 4.74 Å². The number of hydrogen-bond donors (Lipinski definition) is 0. The van der Waals surface area contributed by atoms with Crippen LogP contribution in [0.25, 0.3) is 0 Å². The zero-order valence-electron chi connectivity index (χ0n) is 16.8. The molecule has 0 aromatic heterocycles. The minimum absolute atomic E-state index is 0.138. The first-order valence-electron chi connectivity index (χ1n) is 10.4. The van der Waals surface area contributed by atoms with Gasteiger partial charge in [0.05, 0.1) is 12.5 Å². The van der Waals surface area contributed by atoms with Crippen molar-refractivity contribution in [3.8, 4) is 5.75 Å². The Morgan fingerprint density at radius 1 is 1.15 bits per heavy atom. The van der Waals surface area contributed by atoms with E-state index in [1.54, 1.807) is 7.11 Å². The summed E-state index contributed by atoms with van der Waals surface area (Å²) < 4.78 is 5.34. The SMILES string of the molecule is COc1cccc(CN2CCCC3(CCN(C4CCN(C)CC4)C3)C2=O)c1. The molecule has 3 fully saturated rings. The van der Waals surface area contributed by atoms with Gasteiger partial charge in [-0.3, -0.25) is 9.69 Å². The molecule has 3 aliphatic rings. The summed E-state index contributed by atoms with van der Waals surface area (Å²) in [6.45, 7) is 6.01. The monoisotopic (exact) mass is 371 g/mol. The molecule has 3 aliphatic heterocycles. The van der Waals surface area contributed by atoms with Gasteiger partial charge in [-0.15, -0.1) is 0 Å². The molecule has 27 heavy (non-hydrogen) atoms. The van der Waals surface area contributed by atoms with Gasteiger partial charge in [-0.2, -0.15) is 0 Å². The van der Waals surface area contributed by atoms with Gasteiger partial charge in [0.1, 0.15) is 5.75 Å². The molecule has 0 N–H and O–H groups in total. The van der Waals surface area contributed by atoms with E-state index >= 15 is 0 Å². The maximum atomic E-state index is 13.4. The molecule has 0 radical (unpaired) electrons. The fourth-order valence-corrected chi connectivity index (χ4v) is 5.25. The third-order valence-corrected chi connectivity index (χ3v) is 6.92. The molecule has 0 aliphatic carbocycles. The van der Waals surface area contributed by atoms with Crippen molar-refractivity contribution in [3.63, 3.8) is 0 Å². The molecular weight excluding hydrogens is 338 g/mol. The Hall–Kier alpha value is -1.59. The first-order valence-corrected chi connectivity index (χ1v) is 10.4. The highest BCUT2D eigenvalue weighted by molar-refractivity contribution is 5.84. The fourth-order valence-electron chi connectivity index (χ4n) is 5.25. The minimum atomic E-state index is -0.138. The molecule has 1 amide bonds. The van der Waals surface area contributed by atoms with E-state index in [0.29, 0.717) is 18.5 Å². The van der Waals surface area contributed by atoms with Crippen LogP contribution in [0.4, 0.5) is 0 Å². The van der Waals surface area contributed by atoms with Crippen molar-refractivity contribution in [2.75, 3.05) is 46.9 Å². The number of piperidine rings is 2. The lowest BCUT2D eigenvalue weighted by Gasteiger charge is -2.41. The lowest BCUT2D eigenvalue weighted by molar-refractivity contribution is -0.146. The highest BCUT2D eigenvalue weighted by atomic mass is 16.5. The van der Waals surface area contributed by atoms with Gasteiger partial charge in [-0.25, -0.2) is 0 Å². The van der Waals surface area contributed by atoms with Crippen molar-refractivity contribution in [3.05, 3.63) is 29.8 Å². The number of carbonyl (C=O) groups excluding carboxylic acids is 1. The summed E-state index contributed by atoms with van der Waals surface area (Å²) in [7, 11) is 3.90. The zero-order chi connectivity index (χ0) is 18.9. The lowest BCUT2D eigenvalue weighted by Crippen LogP contribution is -2.51. The largest absolute Gasteiger partial charge is 0.497 e. The van der Waals surface area contributed by atoms with Gasteiger partial charge in [-0.1, -0.05) is 12.1 Å². The maximum Gasteiger partial charge on any atom is 0.230 e. The van der Waals surface area contributed by atoms with E-state index in [1.807, 2.05) is 18.2 Å². The summed E-state index contributed by atoms with van der Waals surface area (Å²) in [4.78, 5) is 20.6. The molecule has 3 heterocycles. The molecule has 1 aromatic rings. The van der Waals surface area contributed by atoms with E-state index in [0.717, 1.165) is 50.2 Å². The third-order valence-electron chi connectivity index (χ3n) is 6.92. The van der Waals surface area contributed by atoms with Crippen molar-refractivity contribution in [1.82, 2.24) is 14.7 Å². The average molecular weight is 372 g/mol. The quantitative estimate of drug-likeness (QED) is 0.815. The van der Waals surface area contributed by atoms with Crippen LogP contribution in [0.5, 0.6) is 5.75 Å². The third kappa shape index (κ3) is 3.85. The van der Waals surface area contributed by atoms with Crippen LogP contribution in [0, 0.1) is 5.41 Å². The Morgan fingerprint density at radius 2 is 1.96 bits per heavy atom. The van der Waals surface area contributed by atoms with Crippen LogP contribution in [0.3, 0.4) is 0 Å². The van der Waals surface area contributed by atoms with E-state index in [9.17, 15) is 4.79 Å². The fraction of sp³-hybridized carbons (Fsp3) is 0.682. The van der Waals surface area contributed by atoms with Crippen molar-refractivity contribution in [1.29, 1.82) is 0 Å². The number of nitrogens with zero attached hydrogens (tertiary/aromatic N) is 3. The Morgan fingerprint density at radius 3 is 2.74 bits per heavy atom. The number of ether oxygens (including phenoxy) is 1. The van der Waals surface area contributed by atoms with Crippen LogP contribution >= 0.6 is 0 Å². The normalized spacial score (nSPS) is 28.2. The number of likely N-dealkylation sites (tertiary alicyclic amines) is 3. The van der Waals surface area contributed by atoms with Gasteiger partial charge in [0.2, 0.25) is 5.91 Å². The molecule has 3 saturated heterocycles. The number of rotatable bonds is 4. The van der Waals surface area contributed by atoms with Gasteiger partial charge in [-0.05, 0) is 76.5 Å². The highest BCUT2D eigenvalue weighted by Crippen LogP contribution is 2.42. The number of hydrogen-bond acceptors (Lipinski definition) is 4. The molecular formula is C22H33N3O2. The second-order valence-corrected chi connectivity index (χ2v) is 8.72. The van der Waals surface area contributed by atoms with Crippen LogP contribution in [-0.2, 0) is 11.3 Å². The van der Waals surface area contributed by atoms with Crippen LogP contribution in [0.2, 0.25) is 0 Å². The number of methoxy groups -OCH3 is 1. The van der Waals surface area contributed by atoms with E-state index in [-0.39, 0.29) is 5.41 Å². The van der Waals surface area contributed by atoms with Crippen LogP contribution in [0.15, 0.2) is 24.3 Å². The molecule has 1 unspecified atom stereocenters. The lowest BCUT2D eigenvalue weighted by atomic mass is 9.78. The molecule has 1 atom stereocenters. The number of carbonyl (C=O) groups is 1. The van der Waals surface area contributed by atoms with Gasteiger partial charge in [0.25, 0.3) is 0 Å². The summed E-state index contributed by atoms with van der Waals surface area (Å²) in [6.07, 6.45) is 5.70. The summed E-state index contributed by atoms with van der Waals surface area (Å²) in [5.41, 5.74) is 1.02. The second-order valence-electron chi connectivity index (χ2n) is 8.72. The summed E-state index contributed by atoms with van der Waals surface area (Å²) in [5, 5.41) is 0. The molecule has 5 nitrogen and oxygen atoms in total.